The van der Waals surface area contributed by atoms with E-state index in [-0.39, 0.29) is 6.29 Å². The minimum Gasteiger partial charge on any atom is -0.349 e. The molecule has 2 nitrogen and oxygen atoms in total. The highest BCUT2D eigenvalue weighted by Gasteiger charge is 2.07. The average Bonchev–Trinajstić information content (AvgIpc) is 2.15. The van der Waals surface area contributed by atoms with Gasteiger partial charge < -0.3 is 9.47 Å². The molecular formula is C15H30O2. The molecule has 0 rings (SSSR count). The van der Waals surface area contributed by atoms with Crippen LogP contribution in [0.25, 0.3) is 0 Å². The third kappa shape index (κ3) is 11.9. The number of ether oxygens (including phenoxy) is 2. The Hall–Kier alpha value is -0.340. The van der Waals surface area contributed by atoms with Crippen LogP contribution < -0.4 is 0 Å². The third-order valence-electron chi connectivity index (χ3n) is 2.42. The summed E-state index contributed by atoms with van der Waals surface area (Å²) in [5, 5.41) is 0. The van der Waals surface area contributed by atoms with Crippen LogP contribution in [0.4, 0.5) is 0 Å². The summed E-state index contributed by atoms with van der Waals surface area (Å²) >= 11 is 0. The van der Waals surface area contributed by atoms with Crippen LogP contribution in [-0.2, 0) is 9.47 Å². The van der Waals surface area contributed by atoms with Gasteiger partial charge in [-0.05, 0) is 44.6 Å². The third-order valence-corrected chi connectivity index (χ3v) is 2.42. The van der Waals surface area contributed by atoms with E-state index in [9.17, 15) is 0 Å². The molecular weight excluding hydrogens is 212 g/mol. The van der Waals surface area contributed by atoms with Crippen LogP contribution in [0, 0.1) is 11.8 Å². The molecule has 0 amide bonds. The first-order chi connectivity index (χ1) is 7.91. The highest BCUT2D eigenvalue weighted by molar-refractivity contribution is 4.95. The maximum Gasteiger partial charge on any atom is 0.177 e. The van der Waals surface area contributed by atoms with Gasteiger partial charge in [-0.3, -0.25) is 0 Å². The maximum absolute atomic E-state index is 5.75. The standard InChI is InChI=1S/C15H30O2/c1-12(2)7-9-16-15(11-14(5)6)17-10-8-13(3)4/h11-13,15H,7-10H2,1-6H3. The van der Waals surface area contributed by atoms with Crippen molar-refractivity contribution in [2.45, 2.75) is 60.7 Å². The molecule has 102 valence electrons. The summed E-state index contributed by atoms with van der Waals surface area (Å²) in [5.74, 6) is 1.36. The van der Waals surface area contributed by atoms with E-state index in [1.807, 2.05) is 0 Å². The topological polar surface area (TPSA) is 18.5 Å². The quantitative estimate of drug-likeness (QED) is 0.440. The molecule has 0 heterocycles. The number of hydrogen-bond acceptors (Lipinski definition) is 2. The van der Waals surface area contributed by atoms with Crippen molar-refractivity contribution in [3.63, 3.8) is 0 Å². The Labute approximate surface area is 107 Å². The minimum atomic E-state index is -0.169. The van der Waals surface area contributed by atoms with Gasteiger partial charge in [0.05, 0.1) is 13.2 Å². The predicted octanol–water partition coefficient (Wildman–Crippen LogP) is 4.40. The molecule has 0 saturated carbocycles. The Kier molecular flexibility index (Phi) is 9.47. The van der Waals surface area contributed by atoms with E-state index in [0.717, 1.165) is 26.1 Å². The fourth-order valence-corrected chi connectivity index (χ4v) is 1.26. The van der Waals surface area contributed by atoms with E-state index in [1.165, 1.54) is 5.57 Å². The van der Waals surface area contributed by atoms with Crippen molar-refractivity contribution in [3.8, 4) is 0 Å². The van der Waals surface area contributed by atoms with Crippen molar-refractivity contribution < 1.29 is 9.47 Å². The average molecular weight is 242 g/mol. The SMILES string of the molecule is CC(C)=CC(OCCC(C)C)OCCC(C)C. The van der Waals surface area contributed by atoms with Gasteiger partial charge in [-0.25, -0.2) is 0 Å². The molecule has 0 saturated heterocycles. The largest absolute Gasteiger partial charge is 0.349 e. The lowest BCUT2D eigenvalue weighted by Gasteiger charge is -2.17. The van der Waals surface area contributed by atoms with E-state index < -0.39 is 0 Å². The van der Waals surface area contributed by atoms with Crippen LogP contribution in [-0.4, -0.2) is 19.5 Å². The van der Waals surface area contributed by atoms with Crippen LogP contribution in [0.15, 0.2) is 11.6 Å². The van der Waals surface area contributed by atoms with Gasteiger partial charge in [0, 0.05) is 0 Å². The van der Waals surface area contributed by atoms with Crippen molar-refractivity contribution in [1.82, 2.24) is 0 Å². The van der Waals surface area contributed by atoms with Crippen LogP contribution >= 0.6 is 0 Å². The van der Waals surface area contributed by atoms with Crippen LogP contribution in [0.1, 0.15) is 54.4 Å². The van der Waals surface area contributed by atoms with Gasteiger partial charge in [0.15, 0.2) is 6.29 Å². The van der Waals surface area contributed by atoms with Gasteiger partial charge in [-0.2, -0.15) is 0 Å². The Balaban J connectivity index is 3.93. The zero-order chi connectivity index (χ0) is 13.3. The highest BCUT2D eigenvalue weighted by Crippen LogP contribution is 2.08. The molecule has 0 N–H and O–H groups in total. The van der Waals surface area contributed by atoms with Crippen molar-refractivity contribution in [2.75, 3.05) is 13.2 Å². The molecule has 17 heavy (non-hydrogen) atoms. The van der Waals surface area contributed by atoms with Crippen LogP contribution in [0.2, 0.25) is 0 Å². The van der Waals surface area contributed by atoms with E-state index >= 15 is 0 Å². The smallest absolute Gasteiger partial charge is 0.177 e. The summed E-state index contributed by atoms with van der Waals surface area (Å²) in [6.45, 7) is 14.5. The summed E-state index contributed by atoms with van der Waals surface area (Å²) in [4.78, 5) is 0. The fraction of sp³-hybridized carbons (Fsp3) is 0.867. The zero-order valence-corrected chi connectivity index (χ0v) is 12.5. The molecule has 0 aromatic carbocycles. The lowest BCUT2D eigenvalue weighted by Crippen LogP contribution is -2.18. The zero-order valence-electron chi connectivity index (χ0n) is 12.5. The molecule has 2 heteroatoms. The highest BCUT2D eigenvalue weighted by atomic mass is 16.7. The molecule has 0 fully saturated rings. The van der Waals surface area contributed by atoms with Crippen molar-refractivity contribution >= 4 is 0 Å². The van der Waals surface area contributed by atoms with Gasteiger partial charge in [-0.15, -0.1) is 0 Å². The lowest BCUT2D eigenvalue weighted by atomic mass is 10.1. The van der Waals surface area contributed by atoms with E-state index in [4.69, 9.17) is 9.47 Å². The van der Waals surface area contributed by atoms with E-state index in [0.29, 0.717) is 11.8 Å². The summed E-state index contributed by atoms with van der Waals surface area (Å²) in [6.07, 6.45) is 4.06. The molecule has 0 unspecified atom stereocenters. The first kappa shape index (κ1) is 16.7. The summed E-state index contributed by atoms with van der Waals surface area (Å²) in [5.41, 5.74) is 1.24. The molecule has 0 aliphatic heterocycles. The summed E-state index contributed by atoms with van der Waals surface area (Å²) < 4.78 is 11.5. The number of hydrogen-bond donors (Lipinski definition) is 0. The van der Waals surface area contributed by atoms with Gasteiger partial charge in [-0.1, -0.05) is 33.3 Å². The van der Waals surface area contributed by atoms with Crippen molar-refractivity contribution in [3.05, 3.63) is 11.6 Å². The molecule has 0 spiro atoms. The van der Waals surface area contributed by atoms with E-state index in [1.54, 1.807) is 0 Å². The number of rotatable bonds is 9. The monoisotopic (exact) mass is 242 g/mol. The maximum atomic E-state index is 5.75. The van der Waals surface area contributed by atoms with Crippen LogP contribution in [0.5, 0.6) is 0 Å². The molecule has 0 atom stereocenters. The molecule has 0 radical (unpaired) electrons. The predicted molar refractivity (Wildman–Crippen MR) is 74.0 cm³/mol. The first-order valence-electron chi connectivity index (χ1n) is 6.80. The van der Waals surface area contributed by atoms with Gasteiger partial charge in [0.2, 0.25) is 0 Å². The van der Waals surface area contributed by atoms with Crippen LogP contribution in [0.3, 0.4) is 0 Å². The summed E-state index contributed by atoms with van der Waals surface area (Å²) in [6, 6.07) is 0. The Morgan fingerprint density at radius 1 is 0.882 bits per heavy atom. The van der Waals surface area contributed by atoms with E-state index in [2.05, 4.69) is 47.6 Å². The first-order valence-corrected chi connectivity index (χ1v) is 6.80. The Bertz CT molecular complexity index is 189. The summed E-state index contributed by atoms with van der Waals surface area (Å²) in [7, 11) is 0. The second kappa shape index (κ2) is 9.67. The Morgan fingerprint density at radius 3 is 1.59 bits per heavy atom. The van der Waals surface area contributed by atoms with Gasteiger partial charge >= 0.3 is 0 Å². The number of allylic oxidation sites excluding steroid dienone is 1. The molecule has 0 aromatic heterocycles. The molecule has 0 aliphatic carbocycles. The lowest BCUT2D eigenvalue weighted by molar-refractivity contribution is -0.115. The van der Waals surface area contributed by atoms with Gasteiger partial charge in [0.1, 0.15) is 0 Å². The van der Waals surface area contributed by atoms with Crippen molar-refractivity contribution in [1.29, 1.82) is 0 Å². The van der Waals surface area contributed by atoms with Gasteiger partial charge in [0.25, 0.3) is 0 Å². The molecule has 0 aliphatic rings. The molecule has 0 aromatic rings. The second-order valence-corrected chi connectivity index (χ2v) is 5.72. The molecule has 0 bridgehead atoms. The second-order valence-electron chi connectivity index (χ2n) is 5.72. The normalized spacial score (nSPS) is 11.6. The Morgan fingerprint density at radius 2 is 1.29 bits per heavy atom. The van der Waals surface area contributed by atoms with Crippen molar-refractivity contribution in [2.24, 2.45) is 11.8 Å². The minimum absolute atomic E-state index is 0.169. The fourth-order valence-electron chi connectivity index (χ4n) is 1.26.